The van der Waals surface area contributed by atoms with Crippen LogP contribution in [0.5, 0.6) is 0 Å². The van der Waals surface area contributed by atoms with E-state index in [1.165, 1.54) is 25.0 Å². The number of amides is 3. The van der Waals surface area contributed by atoms with Gasteiger partial charge in [-0.1, -0.05) is 20.3 Å². The predicted octanol–water partition coefficient (Wildman–Crippen LogP) is -2.18. The van der Waals surface area contributed by atoms with Gasteiger partial charge in [0.2, 0.25) is 17.7 Å². The monoisotopic (exact) mass is 492 g/mol. The zero-order valence-electron chi connectivity index (χ0n) is 19.5. The van der Waals surface area contributed by atoms with Crippen LogP contribution >= 0.6 is 0 Å². The number of aromatic amines is 2. The number of hydrogen-bond acceptors (Lipinski definition) is 8. The number of H-pyrrole nitrogens is 2. The van der Waals surface area contributed by atoms with Crippen molar-refractivity contribution in [2.75, 3.05) is 6.61 Å². The molecule has 0 aliphatic carbocycles. The largest absolute Gasteiger partial charge is 0.480 e. The number of imidazole rings is 2. The molecule has 2 aromatic rings. The van der Waals surface area contributed by atoms with Crippen molar-refractivity contribution >= 4 is 23.7 Å². The van der Waals surface area contributed by atoms with Gasteiger partial charge in [-0.3, -0.25) is 14.4 Å². The van der Waals surface area contributed by atoms with Gasteiger partial charge < -0.3 is 41.9 Å². The van der Waals surface area contributed by atoms with Crippen LogP contribution in [0.1, 0.15) is 31.7 Å². The zero-order valence-corrected chi connectivity index (χ0v) is 19.5. The van der Waals surface area contributed by atoms with Crippen molar-refractivity contribution in [1.29, 1.82) is 0 Å². The van der Waals surface area contributed by atoms with Crippen LogP contribution in [-0.4, -0.2) is 84.6 Å². The molecule has 5 atom stereocenters. The van der Waals surface area contributed by atoms with Gasteiger partial charge >= 0.3 is 5.97 Å². The van der Waals surface area contributed by atoms with Crippen molar-refractivity contribution in [3.8, 4) is 0 Å². The second-order valence-electron chi connectivity index (χ2n) is 8.18. The minimum absolute atomic E-state index is 0.0492. The van der Waals surface area contributed by atoms with Crippen molar-refractivity contribution < 1.29 is 29.4 Å². The molecule has 192 valence electrons. The Kier molecular flexibility index (Phi) is 10.4. The molecule has 2 aromatic heterocycles. The van der Waals surface area contributed by atoms with Gasteiger partial charge in [0.05, 0.1) is 25.3 Å². The molecule has 0 radical (unpaired) electrons. The number of carboxylic acid groups (broad SMARTS) is 1. The fourth-order valence-electron chi connectivity index (χ4n) is 3.16. The molecule has 0 spiro atoms. The minimum Gasteiger partial charge on any atom is -0.480 e. The summed E-state index contributed by atoms with van der Waals surface area (Å²) in [6, 6.07) is -4.79. The van der Waals surface area contributed by atoms with E-state index in [-0.39, 0.29) is 18.8 Å². The molecule has 3 amide bonds. The number of hydrogen-bond donors (Lipinski definition) is 8. The summed E-state index contributed by atoms with van der Waals surface area (Å²) in [7, 11) is 0. The third-order valence-corrected chi connectivity index (χ3v) is 5.58. The summed E-state index contributed by atoms with van der Waals surface area (Å²) in [6.45, 7) is 2.91. The number of nitrogens with one attached hydrogen (secondary N) is 5. The number of carbonyl (C=O) groups is 4. The third kappa shape index (κ3) is 8.19. The smallest absolute Gasteiger partial charge is 0.326 e. The standard InChI is InChI=1S/C21H32N8O6/c1-3-11(2)17(22)20(33)29-16(8-30)19(32)27-14(4-12-6-23-9-25-12)18(31)28-15(21(34)35)5-13-7-24-10-26-13/h6-7,9-11,14-17,30H,3-5,8,22H2,1-2H3,(H,23,25)(H,24,26)(H,27,32)(H,28,31)(H,29,33)(H,34,35). The highest BCUT2D eigenvalue weighted by molar-refractivity contribution is 5.94. The summed E-state index contributed by atoms with van der Waals surface area (Å²) in [6.07, 6.45) is 6.18. The van der Waals surface area contributed by atoms with Crippen LogP contribution in [0.25, 0.3) is 0 Å². The van der Waals surface area contributed by atoms with Crippen molar-refractivity contribution in [1.82, 2.24) is 35.9 Å². The van der Waals surface area contributed by atoms with Gasteiger partial charge in [-0.25, -0.2) is 14.8 Å². The maximum absolute atomic E-state index is 13.0. The average Bonchev–Trinajstić information content (AvgIpc) is 3.54. The van der Waals surface area contributed by atoms with E-state index >= 15 is 0 Å². The summed E-state index contributed by atoms with van der Waals surface area (Å²) >= 11 is 0. The molecule has 2 rings (SSSR count). The SMILES string of the molecule is CCC(C)C(N)C(=O)NC(CO)C(=O)NC(Cc1cnc[nH]1)C(=O)NC(Cc1cnc[nH]1)C(=O)O. The van der Waals surface area contributed by atoms with Crippen LogP contribution in [0, 0.1) is 5.92 Å². The summed E-state index contributed by atoms with van der Waals surface area (Å²) in [5, 5.41) is 26.5. The Hall–Kier alpha value is -3.78. The Bertz CT molecular complexity index is 965. The van der Waals surface area contributed by atoms with Gasteiger partial charge in [0.25, 0.3) is 0 Å². The van der Waals surface area contributed by atoms with Gasteiger partial charge in [0.1, 0.15) is 18.1 Å². The quantitative estimate of drug-likeness (QED) is 0.143. The Morgan fingerprint density at radius 1 is 0.914 bits per heavy atom. The molecule has 9 N–H and O–H groups in total. The lowest BCUT2D eigenvalue weighted by molar-refractivity contribution is -0.142. The van der Waals surface area contributed by atoms with Crippen LogP contribution in [0.15, 0.2) is 25.0 Å². The highest BCUT2D eigenvalue weighted by Crippen LogP contribution is 2.06. The summed E-state index contributed by atoms with van der Waals surface area (Å²) < 4.78 is 0. The number of carbonyl (C=O) groups excluding carboxylic acids is 3. The van der Waals surface area contributed by atoms with Gasteiger partial charge in [0, 0.05) is 36.6 Å². The number of nitrogens with zero attached hydrogens (tertiary/aromatic N) is 2. The predicted molar refractivity (Wildman–Crippen MR) is 123 cm³/mol. The maximum atomic E-state index is 13.0. The minimum atomic E-state index is -1.37. The first-order valence-corrected chi connectivity index (χ1v) is 11.1. The van der Waals surface area contributed by atoms with Gasteiger partial charge in [-0.15, -0.1) is 0 Å². The lowest BCUT2D eigenvalue weighted by Gasteiger charge is -2.25. The fraction of sp³-hybridized carbons (Fsp3) is 0.524. The van der Waals surface area contributed by atoms with Gasteiger partial charge in [-0.2, -0.15) is 0 Å². The number of aliphatic carboxylic acids is 1. The molecule has 35 heavy (non-hydrogen) atoms. The van der Waals surface area contributed by atoms with E-state index in [0.29, 0.717) is 17.8 Å². The molecule has 0 saturated carbocycles. The highest BCUT2D eigenvalue weighted by Gasteiger charge is 2.31. The third-order valence-electron chi connectivity index (χ3n) is 5.58. The Morgan fingerprint density at radius 3 is 1.86 bits per heavy atom. The summed E-state index contributed by atoms with van der Waals surface area (Å²) in [4.78, 5) is 63.2. The molecule has 0 bridgehead atoms. The van der Waals surface area contributed by atoms with Crippen molar-refractivity contribution in [2.45, 2.75) is 57.3 Å². The lowest BCUT2D eigenvalue weighted by atomic mass is 9.99. The second kappa shape index (κ2) is 13.2. The first kappa shape index (κ1) is 27.5. The van der Waals surface area contributed by atoms with E-state index in [1.807, 2.05) is 6.92 Å². The number of carboxylic acids is 1. The normalized spacial score (nSPS) is 15.3. The molecule has 5 unspecified atom stereocenters. The Balaban J connectivity index is 2.13. The molecule has 0 aliphatic rings. The molecular formula is C21H32N8O6. The molecule has 0 aromatic carbocycles. The number of rotatable bonds is 14. The number of nitrogens with two attached hydrogens (primary N) is 1. The molecule has 0 fully saturated rings. The fourth-order valence-corrected chi connectivity index (χ4v) is 3.16. The van der Waals surface area contributed by atoms with Crippen LogP contribution in [0.4, 0.5) is 0 Å². The van der Waals surface area contributed by atoms with E-state index in [1.54, 1.807) is 6.92 Å². The number of aliphatic hydroxyl groups is 1. The van der Waals surface area contributed by atoms with Crippen molar-refractivity contribution in [3.63, 3.8) is 0 Å². The van der Waals surface area contributed by atoms with Crippen LogP contribution < -0.4 is 21.7 Å². The second-order valence-corrected chi connectivity index (χ2v) is 8.18. The zero-order chi connectivity index (χ0) is 26.0. The molecule has 0 saturated heterocycles. The Morgan fingerprint density at radius 2 is 1.40 bits per heavy atom. The highest BCUT2D eigenvalue weighted by atomic mass is 16.4. The van der Waals surface area contributed by atoms with Crippen molar-refractivity contribution in [3.05, 3.63) is 36.4 Å². The molecule has 2 heterocycles. The first-order valence-electron chi connectivity index (χ1n) is 11.1. The van der Waals surface area contributed by atoms with Crippen LogP contribution in [0.3, 0.4) is 0 Å². The van der Waals surface area contributed by atoms with Crippen LogP contribution in [-0.2, 0) is 32.0 Å². The van der Waals surface area contributed by atoms with Crippen molar-refractivity contribution in [2.24, 2.45) is 11.7 Å². The topological polar surface area (TPSA) is 228 Å². The van der Waals surface area contributed by atoms with Gasteiger partial charge in [0.15, 0.2) is 0 Å². The Labute approximate surface area is 201 Å². The number of aromatic nitrogens is 4. The van der Waals surface area contributed by atoms with Crippen LogP contribution in [0.2, 0.25) is 0 Å². The van der Waals surface area contributed by atoms with E-state index < -0.39 is 54.5 Å². The molecule has 14 nitrogen and oxygen atoms in total. The average molecular weight is 493 g/mol. The molecule has 0 aliphatic heterocycles. The summed E-state index contributed by atoms with van der Waals surface area (Å²) in [5.41, 5.74) is 6.88. The van der Waals surface area contributed by atoms with E-state index in [0.717, 1.165) is 0 Å². The maximum Gasteiger partial charge on any atom is 0.326 e. The molecule has 14 heteroatoms. The van der Waals surface area contributed by atoms with Gasteiger partial charge in [-0.05, 0) is 5.92 Å². The summed E-state index contributed by atoms with van der Waals surface area (Å²) in [5.74, 6) is -3.66. The van der Waals surface area contributed by atoms with E-state index in [9.17, 15) is 29.4 Å². The first-order chi connectivity index (χ1) is 16.7. The number of aliphatic hydroxyl groups excluding tert-OH is 1. The molecular weight excluding hydrogens is 460 g/mol. The van der Waals surface area contributed by atoms with E-state index in [4.69, 9.17) is 5.73 Å². The lowest BCUT2D eigenvalue weighted by Crippen LogP contribution is -2.59. The van der Waals surface area contributed by atoms with E-state index in [2.05, 4.69) is 35.9 Å².